The van der Waals surface area contributed by atoms with E-state index in [0.717, 1.165) is 36.1 Å². The van der Waals surface area contributed by atoms with Gasteiger partial charge in [0, 0.05) is 5.56 Å². The van der Waals surface area contributed by atoms with Gasteiger partial charge in [0.1, 0.15) is 11.6 Å². The second-order valence-electron chi connectivity index (χ2n) is 5.20. The highest BCUT2D eigenvalue weighted by atomic mass is 19.1. The molecule has 1 atom stereocenters. The molecular weight excluding hydrogens is 289 g/mol. The third-order valence-electron chi connectivity index (χ3n) is 3.77. The van der Waals surface area contributed by atoms with E-state index in [9.17, 15) is 19.6 Å². The fraction of sp³-hybridized carbons (Fsp3) is 0.250. The Morgan fingerprint density at radius 1 is 1.27 bits per heavy atom. The molecule has 1 aliphatic carbocycles. The lowest BCUT2D eigenvalue weighted by Crippen LogP contribution is -2.10. The van der Waals surface area contributed by atoms with Crippen LogP contribution in [0.25, 0.3) is 0 Å². The summed E-state index contributed by atoms with van der Waals surface area (Å²) in [5.41, 5.74) is 1.21. The Kier molecular flexibility index (Phi) is 3.77. The molecule has 5 nitrogen and oxygen atoms in total. The molecule has 0 amide bonds. The van der Waals surface area contributed by atoms with Crippen LogP contribution in [0.5, 0.6) is 11.5 Å². The minimum Gasteiger partial charge on any atom is -0.450 e. The summed E-state index contributed by atoms with van der Waals surface area (Å²) in [6, 6.07) is 8.45. The van der Waals surface area contributed by atoms with E-state index in [1.807, 2.05) is 6.07 Å². The first-order valence-corrected chi connectivity index (χ1v) is 6.98. The zero-order valence-electron chi connectivity index (χ0n) is 11.7. The number of halogens is 1. The number of hydrogen-bond acceptors (Lipinski definition) is 4. The van der Waals surface area contributed by atoms with Gasteiger partial charge in [-0.1, -0.05) is 12.1 Å². The first-order chi connectivity index (χ1) is 10.6. The molecule has 0 bridgehead atoms. The predicted molar refractivity (Wildman–Crippen MR) is 77.5 cm³/mol. The van der Waals surface area contributed by atoms with Crippen molar-refractivity contribution in [1.29, 1.82) is 0 Å². The largest absolute Gasteiger partial charge is 0.450 e. The number of nitrogens with zero attached hydrogens (tertiary/aromatic N) is 1. The molecule has 0 aliphatic heterocycles. The number of benzene rings is 2. The van der Waals surface area contributed by atoms with Crippen LogP contribution in [-0.2, 0) is 6.42 Å². The van der Waals surface area contributed by atoms with Crippen LogP contribution in [0.15, 0.2) is 36.4 Å². The number of nitro benzene ring substituents is 1. The predicted octanol–water partition coefficient (Wildman–Crippen LogP) is 3.90. The second kappa shape index (κ2) is 5.73. The third-order valence-corrected chi connectivity index (χ3v) is 3.77. The average molecular weight is 303 g/mol. The SMILES string of the molecule is O=[N+]([O-])c1cc(F)ccc1Oc1cccc2c1CCC[C@H]2O. The lowest BCUT2D eigenvalue weighted by molar-refractivity contribution is -0.385. The van der Waals surface area contributed by atoms with Crippen molar-refractivity contribution < 1.29 is 19.2 Å². The normalized spacial score (nSPS) is 16.9. The van der Waals surface area contributed by atoms with Gasteiger partial charge in [-0.25, -0.2) is 4.39 Å². The molecule has 0 saturated heterocycles. The van der Waals surface area contributed by atoms with Gasteiger partial charge in [-0.2, -0.15) is 0 Å². The first kappa shape index (κ1) is 14.5. The molecule has 22 heavy (non-hydrogen) atoms. The summed E-state index contributed by atoms with van der Waals surface area (Å²) in [7, 11) is 0. The van der Waals surface area contributed by atoms with Crippen molar-refractivity contribution in [3.05, 3.63) is 63.5 Å². The van der Waals surface area contributed by atoms with Gasteiger partial charge in [0.2, 0.25) is 5.75 Å². The fourth-order valence-electron chi connectivity index (χ4n) is 2.72. The Bertz CT molecular complexity index is 732. The van der Waals surface area contributed by atoms with Gasteiger partial charge < -0.3 is 9.84 Å². The number of nitro groups is 1. The lowest BCUT2D eigenvalue weighted by Gasteiger charge is -2.23. The molecule has 3 rings (SSSR count). The number of rotatable bonds is 3. The lowest BCUT2D eigenvalue weighted by atomic mass is 9.89. The Balaban J connectivity index is 2.01. The summed E-state index contributed by atoms with van der Waals surface area (Å²) < 4.78 is 18.8. The minimum absolute atomic E-state index is 0.0140. The maximum atomic E-state index is 13.2. The number of fused-ring (bicyclic) bond motifs is 1. The number of hydrogen-bond donors (Lipinski definition) is 1. The number of aliphatic hydroxyl groups excluding tert-OH is 1. The van der Waals surface area contributed by atoms with Crippen LogP contribution in [0.1, 0.15) is 30.1 Å². The van der Waals surface area contributed by atoms with Crippen LogP contribution in [0.3, 0.4) is 0 Å². The molecule has 6 heteroatoms. The van der Waals surface area contributed by atoms with Crippen molar-refractivity contribution in [3.8, 4) is 11.5 Å². The van der Waals surface area contributed by atoms with E-state index < -0.39 is 22.5 Å². The molecule has 2 aromatic carbocycles. The van der Waals surface area contributed by atoms with E-state index in [4.69, 9.17) is 4.74 Å². The molecule has 0 fully saturated rings. The van der Waals surface area contributed by atoms with Gasteiger partial charge in [0.15, 0.2) is 0 Å². The van der Waals surface area contributed by atoms with Gasteiger partial charge in [-0.05, 0) is 43.0 Å². The van der Waals surface area contributed by atoms with E-state index in [0.29, 0.717) is 12.2 Å². The topological polar surface area (TPSA) is 72.6 Å². The van der Waals surface area contributed by atoms with E-state index in [1.165, 1.54) is 6.07 Å². The quantitative estimate of drug-likeness (QED) is 0.689. The van der Waals surface area contributed by atoms with Gasteiger partial charge in [0.05, 0.1) is 17.1 Å². The van der Waals surface area contributed by atoms with Gasteiger partial charge in [-0.3, -0.25) is 10.1 Å². The minimum atomic E-state index is -0.690. The molecule has 0 spiro atoms. The maximum Gasteiger partial charge on any atom is 0.314 e. The Labute approximate surface area is 126 Å². The van der Waals surface area contributed by atoms with Crippen LogP contribution in [-0.4, -0.2) is 10.0 Å². The van der Waals surface area contributed by atoms with E-state index in [-0.39, 0.29) is 5.75 Å². The summed E-state index contributed by atoms with van der Waals surface area (Å²) in [6.07, 6.45) is 1.70. The van der Waals surface area contributed by atoms with Gasteiger partial charge >= 0.3 is 5.69 Å². The molecule has 1 N–H and O–H groups in total. The summed E-state index contributed by atoms with van der Waals surface area (Å²) in [5, 5.41) is 21.0. The average Bonchev–Trinajstić information content (AvgIpc) is 2.50. The second-order valence-corrected chi connectivity index (χ2v) is 5.20. The summed E-state index contributed by atoms with van der Waals surface area (Å²) in [5.74, 6) is -0.240. The van der Waals surface area contributed by atoms with Crippen molar-refractivity contribution >= 4 is 5.69 Å². The number of ether oxygens (including phenoxy) is 1. The summed E-state index contributed by atoms with van der Waals surface area (Å²) >= 11 is 0. The first-order valence-electron chi connectivity index (χ1n) is 6.98. The van der Waals surface area contributed by atoms with Crippen LogP contribution in [0, 0.1) is 15.9 Å². The molecule has 0 heterocycles. The third kappa shape index (κ3) is 2.65. The Morgan fingerprint density at radius 2 is 2.09 bits per heavy atom. The Morgan fingerprint density at radius 3 is 2.86 bits per heavy atom. The monoisotopic (exact) mass is 303 g/mol. The van der Waals surface area contributed by atoms with Crippen LogP contribution in [0.2, 0.25) is 0 Å². The molecular formula is C16H14FNO4. The van der Waals surface area contributed by atoms with E-state index in [2.05, 4.69) is 0 Å². The van der Waals surface area contributed by atoms with Crippen LogP contribution in [0.4, 0.5) is 10.1 Å². The van der Waals surface area contributed by atoms with Crippen molar-refractivity contribution in [3.63, 3.8) is 0 Å². The number of aliphatic hydroxyl groups is 1. The zero-order valence-corrected chi connectivity index (χ0v) is 11.7. The van der Waals surface area contributed by atoms with Crippen molar-refractivity contribution in [2.24, 2.45) is 0 Å². The highest BCUT2D eigenvalue weighted by Gasteiger charge is 2.23. The Hall–Kier alpha value is -2.47. The molecule has 0 aromatic heterocycles. The van der Waals surface area contributed by atoms with E-state index >= 15 is 0 Å². The standard InChI is InChI=1S/C16H14FNO4/c17-10-7-8-16(13(9-10)18(20)21)22-15-6-2-3-11-12(15)4-1-5-14(11)19/h2-3,6-9,14,19H,1,4-5H2/t14-/m1/s1. The maximum absolute atomic E-state index is 13.2. The summed E-state index contributed by atoms with van der Waals surface area (Å²) in [6.45, 7) is 0. The molecule has 0 saturated carbocycles. The molecule has 0 radical (unpaired) electrons. The van der Waals surface area contributed by atoms with Crippen molar-refractivity contribution in [2.75, 3.05) is 0 Å². The van der Waals surface area contributed by atoms with E-state index in [1.54, 1.807) is 12.1 Å². The van der Waals surface area contributed by atoms with Crippen LogP contribution >= 0.6 is 0 Å². The van der Waals surface area contributed by atoms with Crippen molar-refractivity contribution in [2.45, 2.75) is 25.4 Å². The highest BCUT2D eigenvalue weighted by molar-refractivity contribution is 5.51. The van der Waals surface area contributed by atoms with Crippen LogP contribution < -0.4 is 4.74 Å². The van der Waals surface area contributed by atoms with Gasteiger partial charge in [0.25, 0.3) is 0 Å². The highest BCUT2D eigenvalue weighted by Crippen LogP contribution is 2.39. The smallest absolute Gasteiger partial charge is 0.314 e. The zero-order chi connectivity index (χ0) is 15.7. The summed E-state index contributed by atoms with van der Waals surface area (Å²) in [4.78, 5) is 10.3. The molecule has 114 valence electrons. The van der Waals surface area contributed by atoms with Gasteiger partial charge in [-0.15, -0.1) is 0 Å². The molecule has 2 aromatic rings. The van der Waals surface area contributed by atoms with Crippen molar-refractivity contribution in [1.82, 2.24) is 0 Å². The fourth-order valence-corrected chi connectivity index (χ4v) is 2.72. The molecule has 0 unspecified atom stereocenters. The molecule has 1 aliphatic rings.